The maximum atomic E-state index is 14.5. The van der Waals surface area contributed by atoms with Crippen molar-refractivity contribution in [2.75, 3.05) is 9.80 Å². The molecule has 9 nitrogen and oxygen atoms in total. The van der Waals surface area contributed by atoms with E-state index in [1.807, 2.05) is 120 Å². The fraction of sp³-hybridized carbons (Fsp3) is 0.220. The number of hydrogen-bond donors (Lipinski definition) is 1. The number of aryl methyl sites for hydroxylation is 1. The second-order valence-electron chi connectivity index (χ2n) is 13.5. The van der Waals surface area contributed by atoms with E-state index in [0.29, 0.717) is 30.8 Å². The number of carbonyl (C=O) groups excluding carboxylic acids is 2. The van der Waals surface area contributed by atoms with Crippen LogP contribution in [0.4, 0.5) is 17.1 Å². The van der Waals surface area contributed by atoms with E-state index in [1.54, 1.807) is 15.8 Å². The highest BCUT2D eigenvalue weighted by atomic mass is 16.5. The highest BCUT2D eigenvalue weighted by molar-refractivity contribution is 6.27. The van der Waals surface area contributed by atoms with Crippen molar-refractivity contribution >= 4 is 39.6 Å². The van der Waals surface area contributed by atoms with Crippen LogP contribution in [0.3, 0.4) is 0 Å². The minimum atomic E-state index is -1.06. The molecule has 3 aliphatic rings. The van der Waals surface area contributed by atoms with E-state index in [0.717, 1.165) is 50.9 Å². The molecule has 9 rings (SSSR count). The molecule has 0 saturated carbocycles. The maximum absolute atomic E-state index is 14.5. The highest BCUT2D eigenvalue weighted by Gasteiger charge is 2.59. The summed E-state index contributed by atoms with van der Waals surface area (Å²) in [4.78, 5) is 31.6. The molecule has 3 aliphatic heterocycles. The van der Waals surface area contributed by atoms with Crippen molar-refractivity contribution in [3.8, 4) is 0 Å². The largest absolute Gasteiger partial charge is 0.382 e. The molecular formula is C41H35N5O4. The molecular weight excluding hydrogens is 626 g/mol. The first kappa shape index (κ1) is 30.4. The van der Waals surface area contributed by atoms with Crippen LogP contribution >= 0.6 is 0 Å². The predicted molar refractivity (Wildman–Crippen MR) is 190 cm³/mol. The van der Waals surface area contributed by atoms with Crippen molar-refractivity contribution in [2.24, 2.45) is 5.92 Å². The zero-order valence-corrected chi connectivity index (χ0v) is 27.5. The van der Waals surface area contributed by atoms with Gasteiger partial charge in [-0.2, -0.15) is 0 Å². The monoisotopic (exact) mass is 661 g/mol. The van der Waals surface area contributed by atoms with Gasteiger partial charge in [-0.1, -0.05) is 97.1 Å². The minimum absolute atomic E-state index is 0.0360. The van der Waals surface area contributed by atoms with E-state index in [2.05, 4.69) is 17.2 Å². The summed E-state index contributed by atoms with van der Waals surface area (Å²) in [6.07, 6.45) is 2.16. The smallest absolute Gasteiger partial charge is 0.264 e. The Bertz CT molecular complexity index is 2260. The molecule has 1 fully saturated rings. The lowest BCUT2D eigenvalue weighted by Gasteiger charge is -2.28. The van der Waals surface area contributed by atoms with Gasteiger partial charge in [0, 0.05) is 29.1 Å². The number of fused-ring (bicyclic) bond motifs is 2. The number of aliphatic hydroxyl groups is 1. The standard InChI is InChI=1S/C41H35N5O4/c1-26-23-31(21-22-44-25-34(42-43-44)38(47)29-9-3-2-4-10-29)50-41(26)33-14-5-6-15-35(33)45(40(41)49)24-27-17-19-30(20-18-27)46-36-16-8-12-28-11-7-13-32(37(28)36)39(46)48/h2-20,25-26,31,38,47H,21-24H2,1H3/t26-,31+,38-,41+/m1/s1. The van der Waals surface area contributed by atoms with Gasteiger partial charge in [0.1, 0.15) is 11.8 Å². The summed E-state index contributed by atoms with van der Waals surface area (Å²) in [7, 11) is 0. The lowest BCUT2D eigenvalue weighted by molar-refractivity contribution is -0.146. The SMILES string of the molecule is C[C@@H]1C[C@H](CCn2cc([C@H](O)c3ccccc3)nn2)O[C@@]12C(=O)N(Cc1ccc(N3C(=O)c4cccc5cccc3c45)cc1)c1ccccc12. The van der Waals surface area contributed by atoms with E-state index in [1.165, 1.54) is 0 Å². The maximum Gasteiger partial charge on any atom is 0.264 e. The molecule has 5 aromatic carbocycles. The first-order valence-electron chi connectivity index (χ1n) is 17.1. The van der Waals surface area contributed by atoms with Crippen LogP contribution in [0, 0.1) is 5.92 Å². The molecule has 4 heterocycles. The summed E-state index contributed by atoms with van der Waals surface area (Å²) >= 11 is 0. The molecule has 4 atom stereocenters. The lowest BCUT2D eigenvalue weighted by atomic mass is 9.83. The molecule has 6 aromatic rings. The number of amides is 2. The van der Waals surface area contributed by atoms with Crippen molar-refractivity contribution in [3.05, 3.63) is 149 Å². The molecule has 2 amide bonds. The summed E-state index contributed by atoms with van der Waals surface area (Å²) < 4.78 is 8.52. The minimum Gasteiger partial charge on any atom is -0.382 e. The van der Waals surface area contributed by atoms with Crippen LogP contribution in [0.2, 0.25) is 0 Å². The molecule has 0 bridgehead atoms. The Balaban J connectivity index is 0.917. The summed E-state index contributed by atoms with van der Waals surface area (Å²) in [6.45, 7) is 3.03. The van der Waals surface area contributed by atoms with Gasteiger partial charge < -0.3 is 14.7 Å². The van der Waals surface area contributed by atoms with Crippen molar-refractivity contribution in [3.63, 3.8) is 0 Å². The fourth-order valence-electron chi connectivity index (χ4n) is 8.09. The van der Waals surface area contributed by atoms with Crippen LogP contribution < -0.4 is 9.80 Å². The summed E-state index contributed by atoms with van der Waals surface area (Å²) in [6, 6.07) is 37.1. The average molecular weight is 662 g/mol. The number of carbonyl (C=O) groups is 2. The number of aliphatic hydroxyl groups excluding tert-OH is 1. The molecule has 1 spiro atoms. The van der Waals surface area contributed by atoms with Gasteiger partial charge in [0.25, 0.3) is 11.8 Å². The average Bonchev–Trinajstić information content (AvgIpc) is 3.89. The number of aromatic nitrogens is 3. The molecule has 1 saturated heterocycles. The first-order valence-corrected chi connectivity index (χ1v) is 17.1. The van der Waals surface area contributed by atoms with E-state index < -0.39 is 11.7 Å². The molecule has 0 unspecified atom stereocenters. The number of anilines is 3. The van der Waals surface area contributed by atoms with Crippen molar-refractivity contribution in [1.29, 1.82) is 0 Å². The Kier molecular flexibility index (Phi) is 7.15. The van der Waals surface area contributed by atoms with Crippen LogP contribution in [0.25, 0.3) is 10.8 Å². The number of rotatable bonds is 8. The third-order valence-electron chi connectivity index (χ3n) is 10.5. The van der Waals surface area contributed by atoms with Gasteiger partial charge in [0.05, 0.1) is 35.8 Å². The van der Waals surface area contributed by atoms with Gasteiger partial charge in [0.2, 0.25) is 0 Å². The molecule has 1 aromatic heterocycles. The van der Waals surface area contributed by atoms with E-state index in [9.17, 15) is 14.7 Å². The van der Waals surface area contributed by atoms with Gasteiger partial charge in [-0.25, -0.2) is 0 Å². The second-order valence-corrected chi connectivity index (χ2v) is 13.5. The van der Waals surface area contributed by atoms with Gasteiger partial charge in [0.15, 0.2) is 5.60 Å². The molecule has 50 heavy (non-hydrogen) atoms. The number of benzene rings is 5. The van der Waals surface area contributed by atoms with Crippen LogP contribution in [0.5, 0.6) is 0 Å². The Morgan fingerprint density at radius 1 is 0.880 bits per heavy atom. The Morgan fingerprint density at radius 3 is 2.44 bits per heavy atom. The van der Waals surface area contributed by atoms with Crippen molar-refractivity contribution < 1.29 is 19.4 Å². The number of hydrogen-bond acceptors (Lipinski definition) is 6. The lowest BCUT2D eigenvalue weighted by Crippen LogP contribution is -2.43. The van der Waals surface area contributed by atoms with Gasteiger partial charge in [-0.05, 0) is 59.7 Å². The predicted octanol–water partition coefficient (Wildman–Crippen LogP) is 7.06. The normalized spacial score (nSPS) is 21.5. The quantitative estimate of drug-likeness (QED) is 0.188. The van der Waals surface area contributed by atoms with E-state index in [-0.39, 0.29) is 23.8 Å². The van der Waals surface area contributed by atoms with Crippen LogP contribution in [-0.4, -0.2) is 38.0 Å². The molecule has 0 aliphatic carbocycles. The van der Waals surface area contributed by atoms with Gasteiger partial charge in [-0.15, -0.1) is 5.10 Å². The molecule has 248 valence electrons. The number of para-hydroxylation sites is 1. The highest BCUT2D eigenvalue weighted by Crippen LogP contribution is 2.54. The van der Waals surface area contributed by atoms with Gasteiger partial charge in [-0.3, -0.25) is 19.2 Å². The Hall–Kier alpha value is -5.64. The van der Waals surface area contributed by atoms with Gasteiger partial charge >= 0.3 is 0 Å². The first-order chi connectivity index (χ1) is 24.4. The molecule has 9 heteroatoms. The van der Waals surface area contributed by atoms with Crippen molar-refractivity contribution in [2.45, 2.75) is 50.7 Å². The van der Waals surface area contributed by atoms with Crippen molar-refractivity contribution in [1.82, 2.24) is 15.0 Å². The fourth-order valence-corrected chi connectivity index (χ4v) is 8.09. The summed E-state index contributed by atoms with van der Waals surface area (Å²) in [5.74, 6) is -0.125. The van der Waals surface area contributed by atoms with E-state index in [4.69, 9.17) is 4.74 Å². The zero-order valence-electron chi connectivity index (χ0n) is 27.5. The van der Waals surface area contributed by atoms with E-state index >= 15 is 0 Å². The Morgan fingerprint density at radius 2 is 1.62 bits per heavy atom. The third kappa shape index (κ3) is 4.69. The summed E-state index contributed by atoms with van der Waals surface area (Å²) in [5.41, 5.74) is 5.30. The number of ether oxygens (including phenoxy) is 1. The second kappa shape index (κ2) is 11.8. The zero-order chi connectivity index (χ0) is 34.0. The molecule has 0 radical (unpaired) electrons. The number of nitrogens with zero attached hydrogens (tertiary/aromatic N) is 5. The Labute approximate surface area is 289 Å². The molecule has 1 N–H and O–H groups in total. The van der Waals surface area contributed by atoms with Crippen LogP contribution in [0.1, 0.15) is 58.6 Å². The topological polar surface area (TPSA) is 101 Å². The summed E-state index contributed by atoms with van der Waals surface area (Å²) in [5, 5.41) is 21.2. The van der Waals surface area contributed by atoms with Crippen LogP contribution in [0.15, 0.2) is 121 Å². The van der Waals surface area contributed by atoms with Crippen LogP contribution in [-0.2, 0) is 28.2 Å². The third-order valence-corrected chi connectivity index (χ3v) is 10.5.